The van der Waals surface area contributed by atoms with Crippen molar-refractivity contribution in [1.29, 1.82) is 0 Å². The number of aromatic nitrogens is 3. The molecule has 0 aliphatic carbocycles. The zero-order chi connectivity index (χ0) is 18.7. The van der Waals surface area contributed by atoms with Crippen LogP contribution in [-0.4, -0.2) is 26.4 Å². The third kappa shape index (κ3) is 4.26. The number of hydrogen-bond donors (Lipinski definition) is 1. The maximum atomic E-state index is 12.2. The fourth-order valence-electron chi connectivity index (χ4n) is 2.38. The smallest absolute Gasteiger partial charge is 0.234 e. The molecule has 0 saturated carbocycles. The zero-order valence-corrected chi connectivity index (χ0v) is 16.4. The van der Waals surface area contributed by atoms with E-state index in [2.05, 4.69) is 15.5 Å². The van der Waals surface area contributed by atoms with E-state index in [1.807, 2.05) is 61.7 Å². The number of nitrogens with zero attached hydrogens (tertiary/aromatic N) is 3. The maximum Gasteiger partial charge on any atom is 0.234 e. The van der Waals surface area contributed by atoms with Crippen LogP contribution in [0.25, 0.3) is 5.69 Å². The summed E-state index contributed by atoms with van der Waals surface area (Å²) < 4.78 is 1.82. The van der Waals surface area contributed by atoms with Crippen molar-refractivity contribution in [2.45, 2.75) is 25.9 Å². The van der Waals surface area contributed by atoms with Crippen molar-refractivity contribution in [3.8, 4) is 5.69 Å². The second-order valence-corrected chi connectivity index (χ2v) is 7.40. The Balaban J connectivity index is 1.66. The lowest BCUT2D eigenvalue weighted by molar-refractivity contribution is -0.113. The van der Waals surface area contributed by atoms with Crippen LogP contribution in [0.2, 0.25) is 5.02 Å². The Hall–Kier alpha value is -2.31. The van der Waals surface area contributed by atoms with Crippen LogP contribution in [0.3, 0.4) is 0 Å². The van der Waals surface area contributed by atoms with Crippen LogP contribution in [0.15, 0.2) is 47.9 Å². The van der Waals surface area contributed by atoms with Crippen LogP contribution in [0.1, 0.15) is 16.7 Å². The summed E-state index contributed by atoms with van der Waals surface area (Å²) in [6, 6.07) is 11.6. The molecule has 1 heterocycles. The Morgan fingerprint density at radius 3 is 2.62 bits per heavy atom. The van der Waals surface area contributed by atoms with Gasteiger partial charge in [0.15, 0.2) is 5.16 Å². The van der Waals surface area contributed by atoms with E-state index in [-0.39, 0.29) is 11.7 Å². The van der Waals surface area contributed by atoms with Crippen LogP contribution < -0.4 is 5.32 Å². The first-order valence-corrected chi connectivity index (χ1v) is 9.47. The van der Waals surface area contributed by atoms with E-state index in [1.165, 1.54) is 17.3 Å². The minimum atomic E-state index is -0.0882. The molecular weight excluding hydrogens is 368 g/mol. The number of thioether (sulfide) groups is 1. The number of carbonyl (C=O) groups excluding carboxylic acids is 1. The molecule has 0 bridgehead atoms. The topological polar surface area (TPSA) is 59.8 Å². The summed E-state index contributed by atoms with van der Waals surface area (Å²) in [5.74, 6) is 0.153. The second-order valence-electron chi connectivity index (χ2n) is 6.05. The van der Waals surface area contributed by atoms with Crippen LogP contribution in [0.4, 0.5) is 5.69 Å². The van der Waals surface area contributed by atoms with Gasteiger partial charge in [-0.2, -0.15) is 0 Å². The minimum Gasteiger partial charge on any atom is -0.325 e. The highest BCUT2D eigenvalue weighted by molar-refractivity contribution is 7.99. The lowest BCUT2D eigenvalue weighted by Gasteiger charge is -2.09. The Kier molecular flexibility index (Phi) is 5.64. The summed E-state index contributed by atoms with van der Waals surface area (Å²) in [5.41, 5.74) is 5.01. The Labute approximate surface area is 161 Å². The van der Waals surface area contributed by atoms with Gasteiger partial charge in [0.25, 0.3) is 0 Å². The first-order valence-electron chi connectivity index (χ1n) is 8.10. The molecule has 7 heteroatoms. The van der Waals surface area contributed by atoms with Crippen LogP contribution in [0, 0.1) is 20.8 Å². The van der Waals surface area contributed by atoms with E-state index >= 15 is 0 Å². The van der Waals surface area contributed by atoms with Gasteiger partial charge in [0, 0.05) is 10.7 Å². The minimum absolute atomic E-state index is 0.0882. The maximum absolute atomic E-state index is 12.2. The average molecular weight is 387 g/mol. The fourth-order valence-corrected chi connectivity index (χ4v) is 3.28. The van der Waals surface area contributed by atoms with Crippen molar-refractivity contribution in [2.24, 2.45) is 0 Å². The molecular formula is C19H19ClN4OS. The van der Waals surface area contributed by atoms with Crippen molar-refractivity contribution >= 4 is 35.0 Å². The number of amides is 1. The van der Waals surface area contributed by atoms with Gasteiger partial charge in [0.1, 0.15) is 6.33 Å². The highest BCUT2D eigenvalue weighted by Gasteiger charge is 2.11. The van der Waals surface area contributed by atoms with Crippen molar-refractivity contribution in [2.75, 3.05) is 11.1 Å². The van der Waals surface area contributed by atoms with Gasteiger partial charge in [-0.05, 0) is 61.7 Å². The van der Waals surface area contributed by atoms with Gasteiger partial charge in [-0.3, -0.25) is 9.36 Å². The molecule has 26 heavy (non-hydrogen) atoms. The molecule has 0 unspecified atom stereocenters. The van der Waals surface area contributed by atoms with Gasteiger partial charge in [-0.1, -0.05) is 35.5 Å². The standard InChI is InChI=1S/C19H19ClN4OS/c1-12-4-6-15(8-14(12)3)22-18(25)10-26-19-23-21-11-24(19)16-7-5-13(2)17(20)9-16/h4-9,11H,10H2,1-3H3,(H,22,25). The fraction of sp³-hybridized carbons (Fsp3) is 0.211. The predicted octanol–water partition coefficient (Wildman–Crippen LogP) is 4.58. The van der Waals surface area contributed by atoms with Crippen LogP contribution in [-0.2, 0) is 4.79 Å². The molecule has 2 aromatic carbocycles. The lowest BCUT2D eigenvalue weighted by atomic mass is 10.1. The largest absolute Gasteiger partial charge is 0.325 e. The van der Waals surface area contributed by atoms with E-state index in [1.54, 1.807) is 6.33 Å². The first-order chi connectivity index (χ1) is 12.4. The quantitative estimate of drug-likeness (QED) is 0.652. The van der Waals surface area contributed by atoms with Gasteiger partial charge in [0.05, 0.1) is 11.4 Å². The van der Waals surface area contributed by atoms with Crippen molar-refractivity contribution in [3.63, 3.8) is 0 Å². The number of halogens is 1. The molecule has 0 fully saturated rings. The van der Waals surface area contributed by atoms with Crippen LogP contribution >= 0.6 is 23.4 Å². The monoisotopic (exact) mass is 386 g/mol. The summed E-state index contributed by atoms with van der Waals surface area (Å²) >= 11 is 7.53. The van der Waals surface area contributed by atoms with Gasteiger partial charge in [-0.15, -0.1) is 10.2 Å². The van der Waals surface area contributed by atoms with E-state index < -0.39 is 0 Å². The van der Waals surface area contributed by atoms with E-state index in [0.29, 0.717) is 10.2 Å². The summed E-state index contributed by atoms with van der Waals surface area (Å²) in [6.45, 7) is 6.01. The molecule has 0 atom stereocenters. The normalized spacial score (nSPS) is 10.8. The number of hydrogen-bond acceptors (Lipinski definition) is 4. The molecule has 1 N–H and O–H groups in total. The van der Waals surface area contributed by atoms with Crippen LogP contribution in [0.5, 0.6) is 0 Å². The van der Waals surface area contributed by atoms with Crippen molar-refractivity contribution in [1.82, 2.24) is 14.8 Å². The third-order valence-corrected chi connectivity index (χ3v) is 5.42. The van der Waals surface area contributed by atoms with Crippen molar-refractivity contribution < 1.29 is 4.79 Å². The van der Waals surface area contributed by atoms with E-state index in [0.717, 1.165) is 22.5 Å². The lowest BCUT2D eigenvalue weighted by Crippen LogP contribution is -2.14. The molecule has 0 radical (unpaired) electrons. The van der Waals surface area contributed by atoms with Gasteiger partial charge >= 0.3 is 0 Å². The number of aryl methyl sites for hydroxylation is 3. The molecule has 0 aliphatic heterocycles. The highest BCUT2D eigenvalue weighted by atomic mass is 35.5. The molecule has 0 saturated heterocycles. The summed E-state index contributed by atoms with van der Waals surface area (Å²) in [5, 5.41) is 12.3. The molecule has 134 valence electrons. The molecule has 1 aromatic heterocycles. The second kappa shape index (κ2) is 7.93. The summed E-state index contributed by atoms with van der Waals surface area (Å²) in [6.07, 6.45) is 1.62. The number of nitrogens with one attached hydrogen (secondary N) is 1. The molecule has 5 nitrogen and oxygen atoms in total. The SMILES string of the molecule is Cc1ccc(NC(=O)CSc2nncn2-c2ccc(C)c(Cl)c2)cc1C. The molecule has 0 aliphatic rings. The molecule has 0 spiro atoms. The number of rotatable bonds is 5. The average Bonchev–Trinajstić information content (AvgIpc) is 3.07. The molecule has 3 rings (SSSR count). The molecule has 1 amide bonds. The summed E-state index contributed by atoms with van der Waals surface area (Å²) in [7, 11) is 0. The predicted molar refractivity (Wildman–Crippen MR) is 106 cm³/mol. The Bertz CT molecular complexity index is 954. The van der Waals surface area contributed by atoms with E-state index in [9.17, 15) is 4.79 Å². The first kappa shape index (κ1) is 18.5. The number of benzene rings is 2. The Morgan fingerprint density at radius 2 is 1.88 bits per heavy atom. The number of carbonyl (C=O) groups is 1. The van der Waals surface area contributed by atoms with Crippen molar-refractivity contribution in [3.05, 3.63) is 64.4 Å². The van der Waals surface area contributed by atoms with Gasteiger partial charge < -0.3 is 5.32 Å². The third-order valence-electron chi connectivity index (χ3n) is 4.07. The summed E-state index contributed by atoms with van der Waals surface area (Å²) in [4.78, 5) is 12.2. The highest BCUT2D eigenvalue weighted by Crippen LogP contribution is 2.24. The zero-order valence-electron chi connectivity index (χ0n) is 14.8. The Morgan fingerprint density at radius 1 is 1.12 bits per heavy atom. The number of anilines is 1. The van der Waals surface area contributed by atoms with Gasteiger partial charge in [0.2, 0.25) is 5.91 Å². The van der Waals surface area contributed by atoms with E-state index in [4.69, 9.17) is 11.6 Å². The molecule has 3 aromatic rings. The van der Waals surface area contributed by atoms with Gasteiger partial charge in [-0.25, -0.2) is 0 Å².